The number of carbonyl (C=O) groups excluding carboxylic acids is 2. The summed E-state index contributed by atoms with van der Waals surface area (Å²) in [7, 11) is -6.48. The maximum Gasteiger partial charge on any atom is 0.434 e. The van der Waals surface area contributed by atoms with Gasteiger partial charge < -0.3 is 5.32 Å². The SMILES string of the molecule is CN(c1ccccc1C(=O)Nc1ccc(S(=O)(=O)N2CCN(c3nc(C(F)(F)F)cs3)C(=O)C2)cc1)S(C)(=O)=O. The van der Waals surface area contributed by atoms with E-state index in [1.54, 1.807) is 12.1 Å². The lowest BCUT2D eigenvalue weighted by molar-refractivity contribution is -0.140. The molecule has 4 rings (SSSR count). The third-order valence-electron chi connectivity index (χ3n) is 5.93. The van der Waals surface area contributed by atoms with Crippen LogP contribution in [0.5, 0.6) is 0 Å². The molecule has 3 aromatic rings. The van der Waals surface area contributed by atoms with Crippen molar-refractivity contribution < 1.29 is 39.6 Å². The molecule has 0 aliphatic carbocycles. The molecule has 11 nitrogen and oxygen atoms in total. The van der Waals surface area contributed by atoms with Crippen molar-refractivity contribution in [2.75, 3.05) is 47.5 Å². The zero-order valence-electron chi connectivity index (χ0n) is 20.9. The summed E-state index contributed by atoms with van der Waals surface area (Å²) in [6.45, 7) is -0.942. The van der Waals surface area contributed by atoms with E-state index in [0.717, 1.165) is 25.1 Å². The number of nitrogens with one attached hydrogen (secondary N) is 1. The van der Waals surface area contributed by atoms with E-state index in [4.69, 9.17) is 0 Å². The number of amides is 2. The molecule has 214 valence electrons. The lowest BCUT2D eigenvalue weighted by atomic mass is 10.1. The minimum atomic E-state index is -4.66. The van der Waals surface area contributed by atoms with Crippen molar-refractivity contribution >= 4 is 59.7 Å². The Balaban J connectivity index is 1.45. The molecule has 1 N–H and O–H groups in total. The first-order valence-corrected chi connectivity index (χ1v) is 15.5. The van der Waals surface area contributed by atoms with Gasteiger partial charge in [-0.3, -0.25) is 18.8 Å². The fourth-order valence-corrected chi connectivity index (χ4v) is 6.53. The molecule has 1 fully saturated rings. The van der Waals surface area contributed by atoms with Crippen molar-refractivity contribution in [3.63, 3.8) is 0 Å². The Morgan fingerprint density at radius 3 is 2.27 bits per heavy atom. The molecule has 0 unspecified atom stereocenters. The van der Waals surface area contributed by atoms with Gasteiger partial charge in [-0.15, -0.1) is 11.3 Å². The van der Waals surface area contributed by atoms with Crippen molar-refractivity contribution in [1.29, 1.82) is 0 Å². The number of halogens is 3. The minimum Gasteiger partial charge on any atom is -0.322 e. The Labute approximate surface area is 231 Å². The number of para-hydroxylation sites is 1. The highest BCUT2D eigenvalue weighted by Gasteiger charge is 2.38. The van der Waals surface area contributed by atoms with Crippen LogP contribution in [0.1, 0.15) is 16.1 Å². The number of aromatic nitrogens is 1. The number of alkyl halides is 3. The molecule has 0 radical (unpaired) electrons. The van der Waals surface area contributed by atoms with Crippen molar-refractivity contribution in [3.05, 3.63) is 65.2 Å². The van der Waals surface area contributed by atoms with Crippen LogP contribution in [-0.2, 0) is 31.0 Å². The van der Waals surface area contributed by atoms with E-state index < -0.39 is 50.3 Å². The number of anilines is 3. The minimum absolute atomic E-state index is 0.0751. The smallest absolute Gasteiger partial charge is 0.322 e. The predicted molar refractivity (Wildman–Crippen MR) is 142 cm³/mol. The van der Waals surface area contributed by atoms with E-state index in [9.17, 15) is 39.6 Å². The molecular formula is C23H22F3N5O6S3. The van der Waals surface area contributed by atoms with Gasteiger partial charge in [0.1, 0.15) is 0 Å². The Bertz CT molecular complexity index is 1660. The molecule has 1 aliphatic rings. The Morgan fingerprint density at radius 2 is 1.70 bits per heavy atom. The van der Waals surface area contributed by atoms with Crippen LogP contribution in [0.15, 0.2) is 58.8 Å². The van der Waals surface area contributed by atoms with E-state index in [1.807, 2.05) is 0 Å². The van der Waals surface area contributed by atoms with Crippen LogP contribution in [0.25, 0.3) is 0 Å². The van der Waals surface area contributed by atoms with E-state index in [-0.39, 0.29) is 40.1 Å². The summed E-state index contributed by atoms with van der Waals surface area (Å²) in [5, 5.41) is 3.21. The highest BCUT2D eigenvalue weighted by molar-refractivity contribution is 7.92. The summed E-state index contributed by atoms with van der Waals surface area (Å²) in [4.78, 5) is 29.8. The molecule has 1 aliphatic heterocycles. The van der Waals surface area contributed by atoms with Crippen LogP contribution >= 0.6 is 11.3 Å². The van der Waals surface area contributed by atoms with E-state index >= 15 is 0 Å². The number of benzene rings is 2. The number of sulfonamides is 2. The number of hydrogen-bond donors (Lipinski definition) is 1. The molecule has 0 atom stereocenters. The van der Waals surface area contributed by atoms with Gasteiger partial charge in [-0.25, -0.2) is 21.8 Å². The van der Waals surface area contributed by atoms with Gasteiger partial charge in [0, 0.05) is 31.2 Å². The second kappa shape index (κ2) is 10.8. The molecule has 2 aromatic carbocycles. The van der Waals surface area contributed by atoms with Gasteiger partial charge in [0.25, 0.3) is 5.91 Å². The molecule has 0 saturated carbocycles. The maximum atomic E-state index is 13.1. The largest absolute Gasteiger partial charge is 0.434 e. The lowest BCUT2D eigenvalue weighted by Crippen LogP contribution is -2.52. The molecule has 2 amide bonds. The lowest BCUT2D eigenvalue weighted by Gasteiger charge is -2.32. The molecule has 1 aromatic heterocycles. The fraction of sp³-hybridized carbons (Fsp3) is 0.261. The Kier molecular flexibility index (Phi) is 7.94. The zero-order chi connectivity index (χ0) is 29.5. The van der Waals surface area contributed by atoms with Crippen LogP contribution in [-0.4, -0.2) is 70.9 Å². The van der Waals surface area contributed by atoms with Gasteiger partial charge in [-0.05, 0) is 36.4 Å². The molecule has 17 heteroatoms. The highest BCUT2D eigenvalue weighted by Crippen LogP contribution is 2.34. The van der Waals surface area contributed by atoms with E-state index in [0.29, 0.717) is 11.3 Å². The van der Waals surface area contributed by atoms with Gasteiger partial charge in [-0.1, -0.05) is 12.1 Å². The van der Waals surface area contributed by atoms with Gasteiger partial charge in [-0.2, -0.15) is 17.5 Å². The average Bonchev–Trinajstić information content (AvgIpc) is 3.39. The zero-order valence-corrected chi connectivity index (χ0v) is 23.4. The molecular weight excluding hydrogens is 595 g/mol. The summed E-state index contributed by atoms with van der Waals surface area (Å²) in [6.07, 6.45) is -3.67. The van der Waals surface area contributed by atoms with E-state index in [2.05, 4.69) is 10.3 Å². The summed E-state index contributed by atoms with van der Waals surface area (Å²) in [5.41, 5.74) is -0.677. The molecule has 0 spiro atoms. The maximum absolute atomic E-state index is 13.1. The number of nitrogens with zero attached hydrogens (tertiary/aromatic N) is 4. The second-order valence-corrected chi connectivity index (χ2v) is 13.4. The number of thiazole rings is 1. The predicted octanol–water partition coefficient (Wildman–Crippen LogP) is 2.85. The summed E-state index contributed by atoms with van der Waals surface area (Å²) >= 11 is 0.639. The van der Waals surface area contributed by atoms with Crippen LogP contribution in [0.3, 0.4) is 0 Å². The quantitative estimate of drug-likeness (QED) is 0.431. The fourth-order valence-electron chi connectivity index (χ4n) is 3.75. The summed E-state index contributed by atoms with van der Waals surface area (Å²) < 4.78 is 90.6. The second-order valence-electron chi connectivity index (χ2n) is 8.62. The van der Waals surface area contributed by atoms with Crippen molar-refractivity contribution in [3.8, 4) is 0 Å². The average molecular weight is 618 g/mol. The topological polar surface area (TPSA) is 137 Å². The molecule has 1 saturated heterocycles. The van der Waals surface area contributed by atoms with Crippen molar-refractivity contribution in [2.24, 2.45) is 0 Å². The molecule has 2 heterocycles. The number of hydrogen-bond acceptors (Lipinski definition) is 8. The summed E-state index contributed by atoms with van der Waals surface area (Å²) in [6, 6.07) is 11.2. The van der Waals surface area contributed by atoms with Gasteiger partial charge >= 0.3 is 6.18 Å². The monoisotopic (exact) mass is 617 g/mol. The first-order chi connectivity index (χ1) is 18.6. The first-order valence-electron chi connectivity index (χ1n) is 11.4. The van der Waals surface area contributed by atoms with Crippen molar-refractivity contribution in [1.82, 2.24) is 9.29 Å². The first kappa shape index (κ1) is 29.4. The van der Waals surface area contributed by atoms with Gasteiger partial charge in [0.05, 0.1) is 28.9 Å². The normalized spacial score (nSPS) is 15.2. The van der Waals surface area contributed by atoms with Crippen LogP contribution in [0.2, 0.25) is 0 Å². The Morgan fingerprint density at radius 1 is 1.05 bits per heavy atom. The van der Waals surface area contributed by atoms with Gasteiger partial charge in [0.15, 0.2) is 10.8 Å². The number of piperazine rings is 1. The van der Waals surface area contributed by atoms with Crippen LogP contribution in [0, 0.1) is 0 Å². The van der Waals surface area contributed by atoms with Crippen LogP contribution < -0.4 is 14.5 Å². The molecule has 0 bridgehead atoms. The highest BCUT2D eigenvalue weighted by atomic mass is 32.2. The number of rotatable bonds is 7. The third-order valence-corrected chi connectivity index (χ3v) is 9.85. The Hall–Kier alpha value is -3.54. The van der Waals surface area contributed by atoms with Gasteiger partial charge in [0.2, 0.25) is 26.0 Å². The number of carbonyl (C=O) groups is 2. The van der Waals surface area contributed by atoms with Crippen molar-refractivity contribution in [2.45, 2.75) is 11.1 Å². The van der Waals surface area contributed by atoms with E-state index in [1.165, 1.54) is 43.4 Å². The summed E-state index contributed by atoms with van der Waals surface area (Å²) in [5.74, 6) is -1.35. The van der Waals surface area contributed by atoms with Crippen LogP contribution in [0.4, 0.5) is 29.7 Å². The standard InChI is InChI=1S/C23H22F3N5O6S3/c1-29(39(2,34)35)18-6-4-3-5-17(18)21(33)27-15-7-9-16(10-8-15)40(36,37)30-11-12-31(20(32)13-30)22-28-19(14-38-22)23(24,25)26/h3-10,14H,11-13H2,1-2H3,(H,27,33). The third kappa shape index (κ3) is 6.11. The molecule has 40 heavy (non-hydrogen) atoms.